The maximum Gasteiger partial charge on any atom is 0.150 e. The number of carbonyl (C=O) groups is 1. The summed E-state index contributed by atoms with van der Waals surface area (Å²) in [7, 11) is 1.90. The lowest BCUT2D eigenvalue weighted by Gasteiger charge is -2.02. The quantitative estimate of drug-likeness (QED) is 0.654. The number of carbonyl (C=O) groups excluding carboxylic acids is 1. The van der Waals surface area contributed by atoms with Crippen LogP contribution in [0.15, 0.2) is 42.5 Å². The van der Waals surface area contributed by atoms with Gasteiger partial charge in [0, 0.05) is 23.6 Å². The number of fused-ring (bicyclic) bond motifs is 1. The van der Waals surface area contributed by atoms with E-state index in [1.165, 1.54) is 5.56 Å². The number of nitrogens with zero attached hydrogens (tertiary/aromatic N) is 2. The van der Waals surface area contributed by atoms with Crippen molar-refractivity contribution in [3.63, 3.8) is 0 Å². The van der Waals surface area contributed by atoms with Gasteiger partial charge in [0.2, 0.25) is 0 Å². The zero-order valence-electron chi connectivity index (χ0n) is 10.9. The Morgan fingerprint density at radius 3 is 2.68 bits per heavy atom. The minimum absolute atomic E-state index is 0.673. The van der Waals surface area contributed by atoms with E-state index in [-0.39, 0.29) is 0 Å². The van der Waals surface area contributed by atoms with Gasteiger partial charge in [-0.05, 0) is 24.6 Å². The molecule has 0 unspecified atom stereocenters. The van der Waals surface area contributed by atoms with Crippen molar-refractivity contribution in [1.82, 2.24) is 9.78 Å². The van der Waals surface area contributed by atoms with Gasteiger partial charge >= 0.3 is 0 Å². The molecule has 1 heterocycles. The molecule has 0 amide bonds. The van der Waals surface area contributed by atoms with Crippen LogP contribution in [0, 0.1) is 6.92 Å². The fraction of sp³-hybridized carbons (Fsp3) is 0.125. The first kappa shape index (κ1) is 11.7. The fourth-order valence-electron chi connectivity index (χ4n) is 2.39. The summed E-state index contributed by atoms with van der Waals surface area (Å²) in [6, 6.07) is 13.9. The largest absolute Gasteiger partial charge is 0.298 e. The lowest BCUT2D eigenvalue weighted by Crippen LogP contribution is -1.91. The second-order valence-electron chi connectivity index (χ2n) is 4.68. The van der Waals surface area contributed by atoms with Crippen LogP contribution >= 0.6 is 0 Å². The maximum absolute atomic E-state index is 10.9. The Kier molecular flexibility index (Phi) is 2.67. The Labute approximate surface area is 111 Å². The molecule has 0 radical (unpaired) electrons. The molecule has 0 fully saturated rings. The third kappa shape index (κ3) is 1.83. The van der Waals surface area contributed by atoms with Gasteiger partial charge in [0.15, 0.2) is 0 Å². The number of benzene rings is 2. The second-order valence-corrected chi connectivity index (χ2v) is 4.68. The Morgan fingerprint density at radius 2 is 1.95 bits per heavy atom. The minimum atomic E-state index is 0.673. The molecule has 2 aromatic carbocycles. The van der Waals surface area contributed by atoms with E-state index in [0.29, 0.717) is 5.56 Å². The number of aldehydes is 1. The molecular weight excluding hydrogens is 236 g/mol. The third-order valence-corrected chi connectivity index (χ3v) is 3.41. The molecule has 3 aromatic rings. The summed E-state index contributed by atoms with van der Waals surface area (Å²) in [4.78, 5) is 10.9. The molecule has 0 spiro atoms. The van der Waals surface area contributed by atoms with E-state index in [1.807, 2.05) is 42.1 Å². The Bertz CT molecular complexity index is 772. The van der Waals surface area contributed by atoms with E-state index in [2.05, 4.69) is 24.2 Å². The summed E-state index contributed by atoms with van der Waals surface area (Å²) in [6.07, 6.45) is 0.861. The molecule has 0 aliphatic heterocycles. The van der Waals surface area contributed by atoms with Crippen molar-refractivity contribution in [2.24, 2.45) is 7.05 Å². The van der Waals surface area contributed by atoms with Crippen molar-refractivity contribution in [3.8, 4) is 11.3 Å². The summed E-state index contributed by atoms with van der Waals surface area (Å²) in [6.45, 7) is 2.08. The Hall–Kier alpha value is -2.42. The topological polar surface area (TPSA) is 34.9 Å². The summed E-state index contributed by atoms with van der Waals surface area (Å²) < 4.78 is 1.82. The highest BCUT2D eigenvalue weighted by Gasteiger charge is 2.12. The number of aromatic nitrogens is 2. The second kappa shape index (κ2) is 4.35. The van der Waals surface area contributed by atoms with Crippen LogP contribution in [0.4, 0.5) is 0 Å². The predicted molar refractivity (Wildman–Crippen MR) is 76.3 cm³/mol. The lowest BCUT2D eigenvalue weighted by atomic mass is 10.0. The van der Waals surface area contributed by atoms with Gasteiger partial charge in [-0.3, -0.25) is 9.48 Å². The van der Waals surface area contributed by atoms with Crippen molar-refractivity contribution >= 4 is 17.2 Å². The summed E-state index contributed by atoms with van der Waals surface area (Å²) in [5.74, 6) is 0. The van der Waals surface area contributed by atoms with Gasteiger partial charge in [-0.25, -0.2) is 0 Å². The van der Waals surface area contributed by atoms with Gasteiger partial charge < -0.3 is 0 Å². The molecule has 0 aliphatic carbocycles. The highest BCUT2D eigenvalue weighted by atomic mass is 16.1. The molecule has 94 valence electrons. The predicted octanol–water partition coefficient (Wildman–Crippen LogP) is 3.36. The highest BCUT2D eigenvalue weighted by molar-refractivity contribution is 5.96. The first-order valence-corrected chi connectivity index (χ1v) is 6.18. The molecule has 3 heteroatoms. The number of hydrogen-bond donors (Lipinski definition) is 0. The van der Waals surface area contributed by atoms with Crippen LogP contribution in [0.2, 0.25) is 0 Å². The normalized spacial score (nSPS) is 10.8. The van der Waals surface area contributed by atoms with Gasteiger partial charge in [-0.2, -0.15) is 5.10 Å². The lowest BCUT2D eigenvalue weighted by molar-refractivity contribution is 0.112. The van der Waals surface area contributed by atoms with Gasteiger partial charge in [0.25, 0.3) is 0 Å². The van der Waals surface area contributed by atoms with E-state index in [0.717, 1.165) is 28.4 Å². The van der Waals surface area contributed by atoms with E-state index >= 15 is 0 Å². The van der Waals surface area contributed by atoms with E-state index < -0.39 is 0 Å². The van der Waals surface area contributed by atoms with E-state index in [9.17, 15) is 4.79 Å². The van der Waals surface area contributed by atoms with Crippen molar-refractivity contribution in [3.05, 3.63) is 53.6 Å². The van der Waals surface area contributed by atoms with Crippen LogP contribution in [-0.2, 0) is 7.05 Å². The van der Waals surface area contributed by atoms with Crippen LogP contribution in [-0.4, -0.2) is 16.1 Å². The minimum Gasteiger partial charge on any atom is -0.298 e. The van der Waals surface area contributed by atoms with Crippen LogP contribution in [0.5, 0.6) is 0 Å². The van der Waals surface area contributed by atoms with Crippen LogP contribution in [0.3, 0.4) is 0 Å². The Morgan fingerprint density at radius 1 is 1.16 bits per heavy atom. The van der Waals surface area contributed by atoms with Crippen molar-refractivity contribution in [2.45, 2.75) is 6.92 Å². The van der Waals surface area contributed by atoms with E-state index in [4.69, 9.17) is 0 Å². The molecule has 0 bridgehead atoms. The van der Waals surface area contributed by atoms with Crippen molar-refractivity contribution < 1.29 is 4.79 Å². The summed E-state index contributed by atoms with van der Waals surface area (Å²) in [5, 5.41) is 5.67. The monoisotopic (exact) mass is 250 g/mol. The van der Waals surface area contributed by atoms with E-state index in [1.54, 1.807) is 0 Å². The zero-order valence-corrected chi connectivity index (χ0v) is 10.9. The maximum atomic E-state index is 10.9. The SMILES string of the molecule is Cc1ccccc1-c1nn(C)c2cc(C=O)ccc12. The molecule has 19 heavy (non-hydrogen) atoms. The summed E-state index contributed by atoms with van der Waals surface area (Å²) in [5.41, 5.74) is 4.94. The van der Waals surface area contributed by atoms with Crippen molar-refractivity contribution in [1.29, 1.82) is 0 Å². The highest BCUT2D eigenvalue weighted by Crippen LogP contribution is 2.29. The van der Waals surface area contributed by atoms with Gasteiger partial charge in [0.05, 0.1) is 5.52 Å². The first-order valence-electron chi connectivity index (χ1n) is 6.18. The third-order valence-electron chi connectivity index (χ3n) is 3.41. The number of rotatable bonds is 2. The van der Waals surface area contributed by atoms with Gasteiger partial charge in [0.1, 0.15) is 12.0 Å². The van der Waals surface area contributed by atoms with Crippen LogP contribution in [0.25, 0.3) is 22.2 Å². The van der Waals surface area contributed by atoms with Gasteiger partial charge in [-0.15, -0.1) is 0 Å². The molecular formula is C16H14N2O. The standard InChI is InChI=1S/C16H14N2O/c1-11-5-3-4-6-13(11)16-14-8-7-12(10-19)9-15(14)18(2)17-16/h3-10H,1-2H3. The molecule has 1 aromatic heterocycles. The molecule has 3 rings (SSSR count). The Balaban J connectivity index is 2.32. The molecule has 3 nitrogen and oxygen atoms in total. The number of hydrogen-bond acceptors (Lipinski definition) is 2. The zero-order chi connectivity index (χ0) is 13.4. The van der Waals surface area contributed by atoms with Crippen molar-refractivity contribution in [2.75, 3.05) is 0 Å². The average molecular weight is 250 g/mol. The fourth-order valence-corrected chi connectivity index (χ4v) is 2.39. The molecule has 0 saturated heterocycles. The van der Waals surface area contributed by atoms with Crippen LogP contribution in [0.1, 0.15) is 15.9 Å². The van der Waals surface area contributed by atoms with Crippen LogP contribution < -0.4 is 0 Å². The number of aryl methyl sites for hydroxylation is 2. The summed E-state index contributed by atoms with van der Waals surface area (Å²) >= 11 is 0. The van der Waals surface area contributed by atoms with Gasteiger partial charge in [-0.1, -0.05) is 30.3 Å². The first-order chi connectivity index (χ1) is 9.20. The molecule has 0 N–H and O–H groups in total. The smallest absolute Gasteiger partial charge is 0.150 e. The average Bonchev–Trinajstić information content (AvgIpc) is 2.76. The molecule has 0 aliphatic rings. The molecule has 0 atom stereocenters. The molecule has 0 saturated carbocycles.